The standard InChI is InChI=1S/C11H14O4/c1-7(2)4-9(12)10-5-8(14-3)6-11(13)15-10/h5-7H,4H2,1-3H3. The fourth-order valence-corrected chi connectivity index (χ4v) is 1.18. The van der Waals surface area contributed by atoms with E-state index in [1.54, 1.807) is 0 Å². The van der Waals surface area contributed by atoms with Gasteiger partial charge in [0.05, 0.1) is 13.2 Å². The minimum Gasteiger partial charge on any atom is -0.496 e. The number of ether oxygens (including phenoxy) is 1. The zero-order valence-electron chi connectivity index (χ0n) is 9.07. The minimum atomic E-state index is -0.568. The lowest BCUT2D eigenvalue weighted by molar-refractivity contribution is 0.0935. The van der Waals surface area contributed by atoms with Crippen LogP contribution in [0.1, 0.15) is 30.8 Å². The molecule has 0 aliphatic rings. The molecular weight excluding hydrogens is 196 g/mol. The summed E-state index contributed by atoms with van der Waals surface area (Å²) in [6.45, 7) is 3.85. The van der Waals surface area contributed by atoms with E-state index >= 15 is 0 Å². The van der Waals surface area contributed by atoms with Gasteiger partial charge in [-0.15, -0.1) is 0 Å². The van der Waals surface area contributed by atoms with Crippen molar-refractivity contribution in [2.75, 3.05) is 7.11 Å². The first kappa shape index (κ1) is 11.5. The molecule has 0 spiro atoms. The lowest BCUT2D eigenvalue weighted by Gasteiger charge is -2.04. The number of carbonyl (C=O) groups excluding carboxylic acids is 1. The SMILES string of the molecule is COc1cc(C(=O)CC(C)C)oc(=O)c1. The number of carbonyl (C=O) groups is 1. The molecule has 0 saturated heterocycles. The Morgan fingerprint density at radius 1 is 1.47 bits per heavy atom. The second kappa shape index (κ2) is 4.77. The van der Waals surface area contributed by atoms with Crippen LogP contribution < -0.4 is 10.4 Å². The maximum Gasteiger partial charge on any atom is 0.340 e. The molecule has 0 fully saturated rings. The number of ketones is 1. The van der Waals surface area contributed by atoms with Gasteiger partial charge in [-0.25, -0.2) is 4.79 Å². The third kappa shape index (κ3) is 3.23. The summed E-state index contributed by atoms with van der Waals surface area (Å²) in [5.41, 5.74) is -0.568. The van der Waals surface area contributed by atoms with E-state index in [-0.39, 0.29) is 17.5 Å². The third-order valence-electron chi connectivity index (χ3n) is 1.85. The molecule has 1 aromatic heterocycles. The molecule has 0 aromatic carbocycles. The van der Waals surface area contributed by atoms with Crippen LogP contribution in [-0.4, -0.2) is 12.9 Å². The molecule has 15 heavy (non-hydrogen) atoms. The topological polar surface area (TPSA) is 56.5 Å². The van der Waals surface area contributed by atoms with Crippen LogP contribution in [0.5, 0.6) is 5.75 Å². The summed E-state index contributed by atoms with van der Waals surface area (Å²) in [7, 11) is 1.44. The number of hydrogen-bond donors (Lipinski definition) is 0. The second-order valence-corrected chi connectivity index (χ2v) is 3.70. The monoisotopic (exact) mass is 210 g/mol. The Labute approximate surface area is 87.9 Å². The Kier molecular flexibility index (Phi) is 3.66. The Balaban J connectivity index is 2.98. The molecule has 0 bridgehead atoms. The van der Waals surface area contributed by atoms with Gasteiger partial charge in [-0.2, -0.15) is 0 Å². The average Bonchev–Trinajstić information content (AvgIpc) is 2.15. The van der Waals surface area contributed by atoms with E-state index in [0.29, 0.717) is 12.2 Å². The molecule has 0 unspecified atom stereocenters. The van der Waals surface area contributed by atoms with Crippen molar-refractivity contribution in [3.63, 3.8) is 0 Å². The summed E-state index contributed by atoms with van der Waals surface area (Å²) in [5, 5.41) is 0. The first-order chi connectivity index (χ1) is 7.02. The van der Waals surface area contributed by atoms with Gasteiger partial charge >= 0.3 is 5.63 Å². The maximum atomic E-state index is 11.6. The number of hydrogen-bond acceptors (Lipinski definition) is 4. The van der Waals surface area contributed by atoms with Crippen molar-refractivity contribution < 1.29 is 13.9 Å². The molecule has 0 aliphatic carbocycles. The van der Waals surface area contributed by atoms with Crippen molar-refractivity contribution in [3.05, 3.63) is 28.3 Å². The molecule has 1 rings (SSSR count). The van der Waals surface area contributed by atoms with E-state index in [2.05, 4.69) is 0 Å². The highest BCUT2D eigenvalue weighted by molar-refractivity contribution is 5.93. The molecule has 4 nitrogen and oxygen atoms in total. The molecular formula is C11H14O4. The molecule has 0 aliphatic heterocycles. The van der Waals surface area contributed by atoms with E-state index < -0.39 is 5.63 Å². The van der Waals surface area contributed by atoms with Crippen LogP contribution in [0.2, 0.25) is 0 Å². The van der Waals surface area contributed by atoms with Gasteiger partial charge in [0.2, 0.25) is 0 Å². The summed E-state index contributed by atoms with van der Waals surface area (Å²) in [5.74, 6) is 0.460. The molecule has 82 valence electrons. The lowest BCUT2D eigenvalue weighted by atomic mass is 10.1. The highest BCUT2D eigenvalue weighted by Crippen LogP contribution is 2.13. The van der Waals surface area contributed by atoms with Gasteiger partial charge in [-0.3, -0.25) is 4.79 Å². The Morgan fingerprint density at radius 2 is 2.13 bits per heavy atom. The molecule has 1 heterocycles. The van der Waals surface area contributed by atoms with Crippen LogP contribution in [0, 0.1) is 5.92 Å². The summed E-state index contributed by atoms with van der Waals surface area (Å²) in [6, 6.07) is 2.64. The van der Waals surface area contributed by atoms with Crippen molar-refractivity contribution in [3.8, 4) is 5.75 Å². The van der Waals surface area contributed by atoms with Crippen LogP contribution in [0.15, 0.2) is 21.3 Å². The molecule has 0 saturated carbocycles. The van der Waals surface area contributed by atoms with Gasteiger partial charge in [0.1, 0.15) is 5.75 Å². The van der Waals surface area contributed by atoms with E-state index in [1.165, 1.54) is 19.2 Å². The van der Waals surface area contributed by atoms with Crippen LogP contribution in [-0.2, 0) is 0 Å². The number of Topliss-reactive ketones (excluding diaryl/α,β-unsaturated/α-hetero) is 1. The Morgan fingerprint density at radius 3 is 2.67 bits per heavy atom. The number of rotatable bonds is 4. The van der Waals surface area contributed by atoms with Crippen LogP contribution in [0.4, 0.5) is 0 Å². The third-order valence-corrected chi connectivity index (χ3v) is 1.85. The van der Waals surface area contributed by atoms with Gasteiger partial charge < -0.3 is 9.15 Å². The summed E-state index contributed by atoms with van der Waals surface area (Å²) in [4.78, 5) is 22.6. The van der Waals surface area contributed by atoms with Crippen molar-refractivity contribution >= 4 is 5.78 Å². The maximum absolute atomic E-state index is 11.6. The van der Waals surface area contributed by atoms with Gasteiger partial charge in [0.15, 0.2) is 11.5 Å². The first-order valence-electron chi connectivity index (χ1n) is 4.75. The molecule has 4 heteroatoms. The quantitative estimate of drug-likeness (QED) is 0.712. The zero-order valence-corrected chi connectivity index (χ0v) is 9.07. The van der Waals surface area contributed by atoms with Crippen LogP contribution in [0.3, 0.4) is 0 Å². The summed E-state index contributed by atoms with van der Waals surface area (Å²) >= 11 is 0. The molecule has 0 atom stereocenters. The van der Waals surface area contributed by atoms with E-state index in [0.717, 1.165) is 0 Å². The highest BCUT2D eigenvalue weighted by Gasteiger charge is 2.12. The average molecular weight is 210 g/mol. The van der Waals surface area contributed by atoms with Crippen LogP contribution in [0.25, 0.3) is 0 Å². The largest absolute Gasteiger partial charge is 0.496 e. The van der Waals surface area contributed by atoms with Gasteiger partial charge in [0, 0.05) is 12.5 Å². The molecule has 0 N–H and O–H groups in total. The Hall–Kier alpha value is -1.58. The van der Waals surface area contributed by atoms with Crippen LogP contribution >= 0.6 is 0 Å². The normalized spacial score (nSPS) is 10.4. The summed E-state index contributed by atoms with van der Waals surface area (Å²) in [6.07, 6.45) is 0.357. The van der Waals surface area contributed by atoms with Crippen molar-refractivity contribution in [2.24, 2.45) is 5.92 Å². The fourth-order valence-electron chi connectivity index (χ4n) is 1.18. The van der Waals surface area contributed by atoms with Gasteiger partial charge in [0.25, 0.3) is 0 Å². The highest BCUT2D eigenvalue weighted by atomic mass is 16.5. The van der Waals surface area contributed by atoms with E-state index in [9.17, 15) is 9.59 Å². The zero-order chi connectivity index (χ0) is 11.4. The van der Waals surface area contributed by atoms with E-state index in [1.807, 2.05) is 13.8 Å². The first-order valence-corrected chi connectivity index (χ1v) is 4.75. The minimum absolute atomic E-state index is 0.0630. The van der Waals surface area contributed by atoms with Crippen molar-refractivity contribution in [1.29, 1.82) is 0 Å². The van der Waals surface area contributed by atoms with Gasteiger partial charge in [-0.05, 0) is 5.92 Å². The number of methoxy groups -OCH3 is 1. The van der Waals surface area contributed by atoms with Crippen molar-refractivity contribution in [1.82, 2.24) is 0 Å². The lowest BCUT2D eigenvalue weighted by Crippen LogP contribution is -2.08. The van der Waals surface area contributed by atoms with Gasteiger partial charge in [-0.1, -0.05) is 13.8 Å². The predicted molar refractivity (Wildman–Crippen MR) is 55.3 cm³/mol. The molecule has 1 aromatic rings. The molecule has 0 amide bonds. The molecule has 0 radical (unpaired) electrons. The van der Waals surface area contributed by atoms with Crippen molar-refractivity contribution in [2.45, 2.75) is 20.3 Å². The fraction of sp³-hybridized carbons (Fsp3) is 0.455. The van der Waals surface area contributed by atoms with E-state index in [4.69, 9.17) is 9.15 Å². The smallest absolute Gasteiger partial charge is 0.340 e. The summed E-state index contributed by atoms with van der Waals surface area (Å²) < 4.78 is 9.68. The Bertz CT molecular complexity index is 403. The second-order valence-electron chi connectivity index (χ2n) is 3.70. The predicted octanol–water partition coefficient (Wildman–Crippen LogP) is 1.88.